The molecule has 0 spiro atoms. The largest absolute Gasteiger partial charge is 0.303 e. The molecule has 0 radical (unpaired) electrons. The van der Waals surface area contributed by atoms with E-state index in [2.05, 4.69) is 52.2 Å². The van der Waals surface area contributed by atoms with Crippen molar-refractivity contribution in [1.29, 1.82) is 0 Å². The van der Waals surface area contributed by atoms with Crippen molar-refractivity contribution in [1.82, 2.24) is 10.3 Å². The smallest absolute Gasteiger partial charge is 0.113 e. The number of aryl methyl sites for hydroxylation is 1. The van der Waals surface area contributed by atoms with Crippen molar-refractivity contribution in [3.63, 3.8) is 0 Å². The van der Waals surface area contributed by atoms with Gasteiger partial charge in [0.15, 0.2) is 0 Å². The van der Waals surface area contributed by atoms with Crippen LogP contribution in [0.1, 0.15) is 71.0 Å². The van der Waals surface area contributed by atoms with Crippen LogP contribution >= 0.6 is 11.3 Å². The van der Waals surface area contributed by atoms with Gasteiger partial charge in [0.1, 0.15) is 5.01 Å². The number of rotatable bonds is 3. The Bertz CT molecular complexity index is 434. The number of hydrogen-bond donors (Lipinski definition) is 1. The predicted molar refractivity (Wildman–Crippen MR) is 88.2 cm³/mol. The van der Waals surface area contributed by atoms with Gasteiger partial charge >= 0.3 is 0 Å². The quantitative estimate of drug-likeness (QED) is 0.859. The molecule has 0 atom stereocenters. The monoisotopic (exact) mass is 294 g/mol. The molecule has 0 aliphatic heterocycles. The van der Waals surface area contributed by atoms with E-state index in [0.29, 0.717) is 11.5 Å². The predicted octanol–water partition coefficient (Wildman–Crippen LogP) is 4.88. The van der Waals surface area contributed by atoms with Gasteiger partial charge in [-0.15, -0.1) is 11.3 Å². The Hall–Kier alpha value is -0.410. The van der Waals surface area contributed by atoms with E-state index < -0.39 is 0 Å². The number of hydrogen-bond acceptors (Lipinski definition) is 3. The second kappa shape index (κ2) is 5.76. The third-order valence-corrected chi connectivity index (χ3v) is 5.82. The van der Waals surface area contributed by atoms with Crippen LogP contribution in [-0.2, 0) is 5.54 Å². The minimum Gasteiger partial charge on any atom is -0.303 e. The zero-order valence-corrected chi connectivity index (χ0v) is 14.7. The van der Waals surface area contributed by atoms with E-state index in [4.69, 9.17) is 4.98 Å². The zero-order chi connectivity index (χ0) is 15.0. The lowest BCUT2D eigenvalue weighted by atomic mass is 9.67. The third kappa shape index (κ3) is 3.43. The van der Waals surface area contributed by atoms with Gasteiger partial charge in [0.2, 0.25) is 0 Å². The van der Waals surface area contributed by atoms with Crippen LogP contribution in [0.25, 0.3) is 0 Å². The van der Waals surface area contributed by atoms with Crippen LogP contribution in [0.2, 0.25) is 0 Å². The first kappa shape index (κ1) is 16.0. The molecule has 0 aromatic carbocycles. The van der Waals surface area contributed by atoms with E-state index in [1.807, 2.05) is 11.3 Å². The molecule has 1 fully saturated rings. The standard InChI is InChI=1S/C17H30N2S/c1-12(2)19-17(15-18-13(3)11-20-15)9-7-14(8-10-17)16(4,5)6/h11-12,14,19H,7-10H2,1-6H3. The van der Waals surface area contributed by atoms with E-state index in [1.54, 1.807) is 0 Å². The molecule has 2 nitrogen and oxygen atoms in total. The lowest BCUT2D eigenvalue weighted by molar-refractivity contribution is 0.107. The first-order valence-corrected chi connectivity index (χ1v) is 8.81. The molecule has 1 aromatic heterocycles. The summed E-state index contributed by atoms with van der Waals surface area (Å²) in [5, 5.41) is 7.34. The number of nitrogens with zero attached hydrogens (tertiary/aromatic N) is 1. The molecule has 0 bridgehead atoms. The van der Waals surface area contributed by atoms with E-state index in [9.17, 15) is 0 Å². The van der Waals surface area contributed by atoms with Gasteiger partial charge in [-0.3, -0.25) is 0 Å². The van der Waals surface area contributed by atoms with Crippen LogP contribution in [-0.4, -0.2) is 11.0 Å². The Morgan fingerprint density at radius 3 is 2.30 bits per heavy atom. The van der Waals surface area contributed by atoms with Crippen molar-refractivity contribution in [2.24, 2.45) is 11.3 Å². The van der Waals surface area contributed by atoms with Gasteiger partial charge in [-0.25, -0.2) is 4.98 Å². The summed E-state index contributed by atoms with van der Waals surface area (Å²) >= 11 is 1.83. The highest BCUT2D eigenvalue weighted by Gasteiger charge is 2.41. The molecule has 114 valence electrons. The molecule has 1 heterocycles. The summed E-state index contributed by atoms with van der Waals surface area (Å²) in [6.45, 7) is 13.7. The summed E-state index contributed by atoms with van der Waals surface area (Å²) in [5.74, 6) is 0.839. The summed E-state index contributed by atoms with van der Waals surface area (Å²) in [4.78, 5) is 4.80. The van der Waals surface area contributed by atoms with E-state index in [1.165, 1.54) is 30.7 Å². The second-order valence-corrected chi connectivity index (χ2v) is 8.67. The van der Waals surface area contributed by atoms with Gasteiger partial charge in [-0.05, 0) is 57.8 Å². The number of aromatic nitrogens is 1. The molecule has 3 heteroatoms. The molecule has 1 aliphatic carbocycles. The molecule has 1 aromatic rings. The van der Waals surface area contributed by atoms with Crippen LogP contribution < -0.4 is 5.32 Å². The summed E-state index contributed by atoms with van der Waals surface area (Å²) in [6.07, 6.45) is 5.06. The van der Waals surface area contributed by atoms with Gasteiger partial charge in [0.05, 0.1) is 5.54 Å². The molecule has 1 saturated carbocycles. The van der Waals surface area contributed by atoms with Crippen molar-refractivity contribution in [3.05, 3.63) is 16.1 Å². The minimum atomic E-state index is 0.120. The number of thiazole rings is 1. The highest BCUT2D eigenvalue weighted by molar-refractivity contribution is 7.09. The van der Waals surface area contributed by atoms with E-state index >= 15 is 0 Å². The minimum absolute atomic E-state index is 0.120. The molecule has 1 aliphatic rings. The molecule has 2 rings (SSSR count). The molecule has 20 heavy (non-hydrogen) atoms. The molecule has 0 unspecified atom stereocenters. The third-order valence-electron chi connectivity index (χ3n) is 4.66. The molecule has 0 amide bonds. The Balaban J connectivity index is 2.19. The Morgan fingerprint density at radius 2 is 1.90 bits per heavy atom. The van der Waals surface area contributed by atoms with Crippen molar-refractivity contribution in [2.45, 2.75) is 78.8 Å². The Kier molecular flexibility index (Phi) is 4.60. The summed E-state index contributed by atoms with van der Waals surface area (Å²) in [6, 6.07) is 0.505. The average molecular weight is 295 g/mol. The van der Waals surface area contributed by atoms with E-state index in [0.717, 1.165) is 11.6 Å². The summed E-state index contributed by atoms with van der Waals surface area (Å²) in [5.41, 5.74) is 1.71. The molecular formula is C17H30N2S. The van der Waals surface area contributed by atoms with Crippen molar-refractivity contribution >= 4 is 11.3 Å². The average Bonchev–Trinajstić information content (AvgIpc) is 2.75. The maximum atomic E-state index is 4.80. The topological polar surface area (TPSA) is 24.9 Å². The highest BCUT2D eigenvalue weighted by atomic mass is 32.1. The normalized spacial score (nSPS) is 28.1. The maximum absolute atomic E-state index is 4.80. The molecule has 1 N–H and O–H groups in total. The van der Waals surface area contributed by atoms with Gasteiger partial charge < -0.3 is 5.32 Å². The lowest BCUT2D eigenvalue weighted by Gasteiger charge is -2.44. The summed E-state index contributed by atoms with van der Waals surface area (Å²) in [7, 11) is 0. The zero-order valence-electron chi connectivity index (χ0n) is 13.9. The van der Waals surface area contributed by atoms with Crippen molar-refractivity contribution in [2.75, 3.05) is 0 Å². The Morgan fingerprint density at radius 1 is 1.30 bits per heavy atom. The maximum Gasteiger partial charge on any atom is 0.113 e. The fraction of sp³-hybridized carbons (Fsp3) is 0.824. The van der Waals surface area contributed by atoms with Crippen LogP contribution in [0.5, 0.6) is 0 Å². The first-order valence-electron chi connectivity index (χ1n) is 7.93. The van der Waals surface area contributed by atoms with Crippen LogP contribution in [0, 0.1) is 18.3 Å². The fourth-order valence-corrected chi connectivity index (χ4v) is 4.54. The van der Waals surface area contributed by atoms with Crippen LogP contribution in [0.3, 0.4) is 0 Å². The van der Waals surface area contributed by atoms with Crippen molar-refractivity contribution < 1.29 is 0 Å². The second-order valence-electron chi connectivity index (χ2n) is 7.82. The van der Waals surface area contributed by atoms with Gasteiger partial charge in [0.25, 0.3) is 0 Å². The van der Waals surface area contributed by atoms with E-state index in [-0.39, 0.29) is 5.54 Å². The Labute approximate surface area is 128 Å². The van der Waals surface area contributed by atoms with Crippen LogP contribution in [0.15, 0.2) is 5.38 Å². The molecule has 0 saturated heterocycles. The van der Waals surface area contributed by atoms with Gasteiger partial charge in [0, 0.05) is 17.1 Å². The fourth-order valence-electron chi connectivity index (χ4n) is 3.52. The lowest BCUT2D eigenvalue weighted by Crippen LogP contribution is -2.49. The van der Waals surface area contributed by atoms with Crippen LogP contribution in [0.4, 0.5) is 0 Å². The highest BCUT2D eigenvalue weighted by Crippen LogP contribution is 2.46. The van der Waals surface area contributed by atoms with Crippen molar-refractivity contribution in [3.8, 4) is 0 Å². The van der Waals surface area contributed by atoms with Gasteiger partial charge in [-0.1, -0.05) is 20.8 Å². The number of nitrogens with one attached hydrogen (secondary N) is 1. The van der Waals surface area contributed by atoms with Gasteiger partial charge in [-0.2, -0.15) is 0 Å². The summed E-state index contributed by atoms with van der Waals surface area (Å²) < 4.78 is 0. The molecular weight excluding hydrogens is 264 g/mol. The SMILES string of the molecule is Cc1csc(C2(NC(C)C)CCC(C(C)(C)C)CC2)n1. The first-order chi connectivity index (χ1) is 9.23.